The second-order valence-corrected chi connectivity index (χ2v) is 12.9. The van der Waals surface area contributed by atoms with Crippen LogP contribution in [0.5, 0.6) is 0 Å². The van der Waals surface area contributed by atoms with Crippen molar-refractivity contribution in [1.82, 2.24) is 29.6 Å². The smallest absolute Gasteiger partial charge is 0.229 e. The minimum atomic E-state index is -3.33. The molecule has 0 bridgehead atoms. The highest BCUT2D eigenvalue weighted by Crippen LogP contribution is 2.30. The number of piperidine rings is 2. The molecule has 1 atom stereocenters. The fraction of sp³-hybridized carbons (Fsp3) is 0.556. The standard InChI is InChI=1S/C27H36N8O3S/c1-18(36)23-15-20-16-29-27(33-25(20)26(31-23)34-12-3-2-4-13-34)32-24-6-5-19-17-35(14-9-22(19)30-24)39(37,38)21-7-10-28-11-8-21/h5-6,15-16,18,21,28,36H,2-4,7-14,17H2,1H3,(H,29,30,32,33). The van der Waals surface area contributed by atoms with Crippen LogP contribution in [0.2, 0.25) is 0 Å². The van der Waals surface area contributed by atoms with E-state index in [9.17, 15) is 13.5 Å². The van der Waals surface area contributed by atoms with E-state index in [0.717, 1.165) is 67.0 Å². The monoisotopic (exact) mass is 552 g/mol. The van der Waals surface area contributed by atoms with Gasteiger partial charge in [-0.25, -0.2) is 28.4 Å². The molecule has 39 heavy (non-hydrogen) atoms. The number of hydrogen-bond acceptors (Lipinski definition) is 10. The number of sulfonamides is 1. The first-order chi connectivity index (χ1) is 18.9. The maximum Gasteiger partial charge on any atom is 0.229 e. The zero-order valence-corrected chi connectivity index (χ0v) is 23.1. The van der Waals surface area contributed by atoms with E-state index in [4.69, 9.17) is 15.0 Å². The van der Waals surface area contributed by atoms with Crippen LogP contribution in [0.15, 0.2) is 24.4 Å². The molecule has 0 aromatic carbocycles. The lowest BCUT2D eigenvalue weighted by atomic mass is 10.1. The highest BCUT2D eigenvalue weighted by Gasteiger charge is 2.35. The Morgan fingerprint density at radius 3 is 2.64 bits per heavy atom. The molecule has 1 unspecified atom stereocenters. The Hall–Kier alpha value is -2.93. The normalized spacial score (nSPS) is 20.1. The van der Waals surface area contributed by atoms with Crippen molar-refractivity contribution >= 4 is 38.5 Å². The van der Waals surface area contributed by atoms with E-state index in [1.165, 1.54) is 6.42 Å². The van der Waals surface area contributed by atoms with Gasteiger partial charge < -0.3 is 20.6 Å². The number of anilines is 3. The Balaban J connectivity index is 1.23. The molecule has 3 N–H and O–H groups in total. The van der Waals surface area contributed by atoms with Crippen molar-refractivity contribution in [2.24, 2.45) is 0 Å². The van der Waals surface area contributed by atoms with E-state index >= 15 is 0 Å². The molecule has 0 saturated carbocycles. The van der Waals surface area contributed by atoms with Crippen molar-refractivity contribution in [3.63, 3.8) is 0 Å². The minimum Gasteiger partial charge on any atom is -0.387 e. The second kappa shape index (κ2) is 10.9. The molecule has 2 saturated heterocycles. The second-order valence-electron chi connectivity index (χ2n) is 10.7. The molecule has 0 spiro atoms. The quantitative estimate of drug-likeness (QED) is 0.419. The maximum atomic E-state index is 13.2. The summed E-state index contributed by atoms with van der Waals surface area (Å²) in [7, 11) is -3.33. The van der Waals surface area contributed by atoms with Gasteiger partial charge in [0.2, 0.25) is 16.0 Å². The first-order valence-corrected chi connectivity index (χ1v) is 15.4. The van der Waals surface area contributed by atoms with Crippen LogP contribution in [0, 0.1) is 0 Å². The summed E-state index contributed by atoms with van der Waals surface area (Å²) in [6, 6.07) is 5.65. The molecule has 11 nitrogen and oxygen atoms in total. The van der Waals surface area contributed by atoms with Crippen LogP contribution in [0.4, 0.5) is 17.6 Å². The molecule has 208 valence electrons. The van der Waals surface area contributed by atoms with Crippen molar-refractivity contribution in [1.29, 1.82) is 0 Å². The largest absolute Gasteiger partial charge is 0.387 e. The third kappa shape index (κ3) is 5.43. The van der Waals surface area contributed by atoms with Crippen molar-refractivity contribution in [3.8, 4) is 0 Å². The summed E-state index contributed by atoms with van der Waals surface area (Å²) < 4.78 is 28.0. The molecule has 3 aliphatic heterocycles. The van der Waals surface area contributed by atoms with Crippen molar-refractivity contribution in [3.05, 3.63) is 41.3 Å². The average Bonchev–Trinajstić information content (AvgIpc) is 2.97. The summed E-state index contributed by atoms with van der Waals surface area (Å²) in [6.45, 7) is 5.84. The lowest BCUT2D eigenvalue weighted by molar-refractivity contribution is 0.194. The number of fused-ring (bicyclic) bond motifs is 2. The molecule has 6 rings (SSSR count). The summed E-state index contributed by atoms with van der Waals surface area (Å²) in [5.41, 5.74) is 3.19. The molecule has 3 aromatic rings. The molecular weight excluding hydrogens is 516 g/mol. The molecule has 0 aliphatic carbocycles. The van der Waals surface area contributed by atoms with Crippen molar-refractivity contribution < 1.29 is 13.5 Å². The first kappa shape index (κ1) is 26.3. The number of aliphatic hydroxyl groups excluding tert-OH is 1. The molecule has 2 fully saturated rings. The van der Waals surface area contributed by atoms with E-state index in [0.29, 0.717) is 49.8 Å². The molecule has 0 amide bonds. The average molecular weight is 553 g/mol. The third-order valence-electron chi connectivity index (χ3n) is 7.97. The van der Waals surface area contributed by atoms with E-state index in [1.807, 2.05) is 18.2 Å². The first-order valence-electron chi connectivity index (χ1n) is 13.9. The summed E-state index contributed by atoms with van der Waals surface area (Å²) >= 11 is 0. The third-order valence-corrected chi connectivity index (χ3v) is 10.3. The Morgan fingerprint density at radius 1 is 1.08 bits per heavy atom. The Kier molecular flexibility index (Phi) is 7.36. The number of rotatable bonds is 6. The Bertz CT molecular complexity index is 1450. The minimum absolute atomic E-state index is 0.305. The van der Waals surface area contributed by atoms with Gasteiger partial charge in [0.1, 0.15) is 11.3 Å². The molecule has 12 heteroatoms. The summed E-state index contributed by atoms with van der Waals surface area (Å²) in [6.07, 6.45) is 6.38. The zero-order valence-electron chi connectivity index (χ0n) is 22.3. The number of pyridine rings is 2. The number of hydrogen-bond donors (Lipinski definition) is 3. The van der Waals surface area contributed by atoms with Gasteiger partial charge in [0.25, 0.3) is 0 Å². The van der Waals surface area contributed by atoms with Crippen LogP contribution in [-0.4, -0.2) is 75.7 Å². The van der Waals surface area contributed by atoms with Crippen LogP contribution >= 0.6 is 0 Å². The predicted octanol–water partition coefficient (Wildman–Crippen LogP) is 2.65. The van der Waals surface area contributed by atoms with Gasteiger partial charge in [-0.1, -0.05) is 6.07 Å². The van der Waals surface area contributed by atoms with E-state index in [2.05, 4.69) is 20.5 Å². The van der Waals surface area contributed by atoms with Gasteiger partial charge in [0.05, 0.1) is 17.0 Å². The molecule has 6 heterocycles. The van der Waals surface area contributed by atoms with Gasteiger partial charge >= 0.3 is 0 Å². The Labute approximate surface area is 229 Å². The predicted molar refractivity (Wildman–Crippen MR) is 150 cm³/mol. The summed E-state index contributed by atoms with van der Waals surface area (Å²) in [5.74, 6) is 1.82. The molecule has 3 aromatic heterocycles. The van der Waals surface area contributed by atoms with Gasteiger partial charge in [-0.05, 0) is 69.8 Å². The SMILES string of the molecule is CC(O)c1cc2cnc(Nc3ccc4c(n3)CCN(S(=O)(=O)C3CCNCC3)C4)nc2c(N2CCCCC2)n1. The lowest BCUT2D eigenvalue weighted by Crippen LogP contribution is -2.45. The number of nitrogens with one attached hydrogen (secondary N) is 2. The number of aromatic nitrogens is 4. The fourth-order valence-electron chi connectivity index (χ4n) is 5.74. The molecule has 3 aliphatic rings. The van der Waals surface area contributed by atoms with Crippen LogP contribution in [-0.2, 0) is 23.0 Å². The van der Waals surface area contributed by atoms with E-state index in [1.54, 1.807) is 17.4 Å². The van der Waals surface area contributed by atoms with Gasteiger partial charge in [-0.3, -0.25) is 0 Å². The lowest BCUT2D eigenvalue weighted by Gasteiger charge is -2.32. The molecule has 0 radical (unpaired) electrons. The highest BCUT2D eigenvalue weighted by molar-refractivity contribution is 7.89. The van der Waals surface area contributed by atoms with Gasteiger partial charge in [0, 0.05) is 49.9 Å². The zero-order chi connectivity index (χ0) is 27.0. The van der Waals surface area contributed by atoms with Gasteiger partial charge in [0.15, 0.2) is 5.82 Å². The van der Waals surface area contributed by atoms with Crippen LogP contribution in [0.1, 0.15) is 62.1 Å². The van der Waals surface area contributed by atoms with Crippen LogP contribution in [0.25, 0.3) is 10.9 Å². The van der Waals surface area contributed by atoms with E-state index in [-0.39, 0.29) is 5.25 Å². The topological polar surface area (TPSA) is 136 Å². The van der Waals surface area contributed by atoms with Crippen LogP contribution < -0.4 is 15.5 Å². The van der Waals surface area contributed by atoms with Crippen molar-refractivity contribution in [2.45, 2.75) is 63.3 Å². The van der Waals surface area contributed by atoms with Crippen LogP contribution in [0.3, 0.4) is 0 Å². The number of aliphatic hydroxyl groups is 1. The number of nitrogens with zero attached hydrogens (tertiary/aromatic N) is 6. The highest BCUT2D eigenvalue weighted by atomic mass is 32.2. The van der Waals surface area contributed by atoms with Crippen molar-refractivity contribution in [2.75, 3.05) is 42.9 Å². The molecular formula is C27H36N8O3S. The fourth-order valence-corrected chi connectivity index (χ4v) is 7.66. The van der Waals surface area contributed by atoms with Gasteiger partial charge in [-0.15, -0.1) is 0 Å². The van der Waals surface area contributed by atoms with Gasteiger partial charge in [-0.2, -0.15) is 4.31 Å². The van der Waals surface area contributed by atoms with E-state index < -0.39 is 16.1 Å². The maximum absolute atomic E-state index is 13.2. The Morgan fingerprint density at radius 2 is 1.87 bits per heavy atom. The summed E-state index contributed by atoms with van der Waals surface area (Å²) in [5, 5.41) is 17.2. The summed E-state index contributed by atoms with van der Waals surface area (Å²) in [4.78, 5) is 21.1.